The van der Waals surface area contributed by atoms with Crippen LogP contribution in [0.15, 0.2) is 24.5 Å². The van der Waals surface area contributed by atoms with Crippen LogP contribution in [0.5, 0.6) is 0 Å². The summed E-state index contributed by atoms with van der Waals surface area (Å²) in [6, 6.07) is 3.50. The van der Waals surface area contributed by atoms with Crippen molar-refractivity contribution in [1.29, 1.82) is 0 Å². The molecule has 0 spiro atoms. The summed E-state index contributed by atoms with van der Waals surface area (Å²) in [6.07, 6.45) is 4.74. The van der Waals surface area contributed by atoms with E-state index in [1.807, 2.05) is 0 Å². The number of anilines is 1. The lowest BCUT2D eigenvalue weighted by Crippen LogP contribution is -2.41. The van der Waals surface area contributed by atoms with Crippen molar-refractivity contribution >= 4 is 17.5 Å². The molecule has 0 aromatic carbocycles. The first-order valence-corrected chi connectivity index (χ1v) is 6.80. The highest BCUT2D eigenvalue weighted by molar-refractivity contribution is 5.92. The van der Waals surface area contributed by atoms with Crippen LogP contribution in [0.4, 0.5) is 5.69 Å². The van der Waals surface area contributed by atoms with E-state index in [9.17, 15) is 9.59 Å². The quantitative estimate of drug-likeness (QED) is 0.846. The predicted molar refractivity (Wildman–Crippen MR) is 73.9 cm³/mol. The van der Waals surface area contributed by atoms with Crippen LogP contribution in [0.25, 0.3) is 0 Å². The molecule has 1 aromatic heterocycles. The van der Waals surface area contributed by atoms with Crippen molar-refractivity contribution in [2.24, 2.45) is 5.92 Å². The zero-order chi connectivity index (χ0) is 14.4. The molecule has 0 unspecified atom stereocenters. The third-order valence-electron chi connectivity index (χ3n) is 3.49. The van der Waals surface area contributed by atoms with E-state index in [2.05, 4.69) is 10.3 Å². The van der Waals surface area contributed by atoms with Gasteiger partial charge in [-0.05, 0) is 25.0 Å². The van der Waals surface area contributed by atoms with Gasteiger partial charge in [-0.2, -0.15) is 0 Å². The summed E-state index contributed by atoms with van der Waals surface area (Å²) in [4.78, 5) is 29.3. The Bertz CT molecular complexity index is 456. The molecule has 2 N–H and O–H groups in total. The molecular formula is C14H19N3O3. The summed E-state index contributed by atoms with van der Waals surface area (Å²) in [5, 5.41) is 11.6. The Kier molecular flexibility index (Phi) is 5.06. The van der Waals surface area contributed by atoms with E-state index in [4.69, 9.17) is 5.11 Å². The lowest BCUT2D eigenvalue weighted by Gasteiger charge is -2.31. The van der Waals surface area contributed by atoms with Gasteiger partial charge in [-0.25, -0.2) is 0 Å². The van der Waals surface area contributed by atoms with Crippen molar-refractivity contribution in [3.05, 3.63) is 24.5 Å². The number of carbonyl (C=O) groups is 2. The second-order valence-corrected chi connectivity index (χ2v) is 4.85. The van der Waals surface area contributed by atoms with Gasteiger partial charge in [-0.15, -0.1) is 0 Å². The Balaban J connectivity index is 1.81. The monoisotopic (exact) mass is 277 g/mol. The molecule has 2 rings (SSSR count). The van der Waals surface area contributed by atoms with E-state index in [0.717, 1.165) is 5.69 Å². The lowest BCUT2D eigenvalue weighted by atomic mass is 9.95. The molecule has 0 bridgehead atoms. The fraction of sp³-hybridized carbons (Fsp3) is 0.500. The van der Waals surface area contributed by atoms with Crippen LogP contribution in [0.2, 0.25) is 0 Å². The number of piperidine rings is 1. The van der Waals surface area contributed by atoms with Crippen molar-refractivity contribution in [3.63, 3.8) is 0 Å². The normalized spacial score (nSPS) is 15.9. The van der Waals surface area contributed by atoms with Crippen LogP contribution in [0.1, 0.15) is 19.3 Å². The largest absolute Gasteiger partial charge is 0.396 e. The molecular weight excluding hydrogens is 258 g/mol. The Hall–Kier alpha value is -1.95. The fourth-order valence-electron chi connectivity index (χ4n) is 2.32. The zero-order valence-corrected chi connectivity index (χ0v) is 11.3. The molecule has 6 heteroatoms. The molecule has 0 atom stereocenters. The standard InChI is InChI=1S/C14H19N3O3/c18-10-5-13(19)17-8-3-11(4-9-17)14(20)16-12-1-6-15-7-2-12/h1-2,6-7,11,18H,3-5,8-10H2,(H,15,16,20). The molecule has 1 saturated heterocycles. The van der Waals surface area contributed by atoms with Crippen molar-refractivity contribution in [2.45, 2.75) is 19.3 Å². The average Bonchev–Trinajstić information content (AvgIpc) is 2.48. The second-order valence-electron chi connectivity index (χ2n) is 4.85. The minimum atomic E-state index is -0.124. The highest BCUT2D eigenvalue weighted by atomic mass is 16.3. The van der Waals surface area contributed by atoms with E-state index in [1.54, 1.807) is 29.4 Å². The number of nitrogens with one attached hydrogen (secondary N) is 1. The van der Waals surface area contributed by atoms with Crippen LogP contribution in [-0.2, 0) is 9.59 Å². The minimum Gasteiger partial charge on any atom is -0.396 e. The third kappa shape index (κ3) is 3.77. The maximum absolute atomic E-state index is 12.1. The molecule has 6 nitrogen and oxygen atoms in total. The van der Waals surface area contributed by atoms with Gasteiger partial charge in [-0.3, -0.25) is 14.6 Å². The minimum absolute atomic E-state index is 0.00884. The van der Waals surface area contributed by atoms with Crippen molar-refractivity contribution in [2.75, 3.05) is 25.0 Å². The zero-order valence-electron chi connectivity index (χ0n) is 11.3. The van der Waals surface area contributed by atoms with Crippen LogP contribution in [0.3, 0.4) is 0 Å². The summed E-state index contributed by atoms with van der Waals surface area (Å²) < 4.78 is 0. The molecule has 1 aliphatic rings. The van der Waals surface area contributed by atoms with Crippen molar-refractivity contribution in [3.8, 4) is 0 Å². The maximum atomic E-state index is 12.1. The maximum Gasteiger partial charge on any atom is 0.227 e. The molecule has 20 heavy (non-hydrogen) atoms. The average molecular weight is 277 g/mol. The number of aliphatic hydroxyl groups excluding tert-OH is 1. The van der Waals surface area contributed by atoms with Crippen LogP contribution in [-0.4, -0.2) is 46.5 Å². The first-order valence-electron chi connectivity index (χ1n) is 6.80. The Morgan fingerprint density at radius 1 is 1.30 bits per heavy atom. The summed E-state index contributed by atoms with van der Waals surface area (Å²) in [5.74, 6) is -0.118. The van der Waals surface area contributed by atoms with Gasteiger partial charge in [-0.1, -0.05) is 0 Å². The number of carbonyl (C=O) groups excluding carboxylic acids is 2. The van der Waals surface area contributed by atoms with Gasteiger partial charge in [0.15, 0.2) is 0 Å². The molecule has 0 aliphatic carbocycles. The van der Waals surface area contributed by atoms with E-state index >= 15 is 0 Å². The number of amides is 2. The van der Waals surface area contributed by atoms with Gasteiger partial charge < -0.3 is 15.3 Å². The van der Waals surface area contributed by atoms with Gasteiger partial charge in [0.2, 0.25) is 11.8 Å². The molecule has 2 amide bonds. The highest BCUT2D eigenvalue weighted by Crippen LogP contribution is 2.19. The van der Waals surface area contributed by atoms with Gasteiger partial charge in [0.25, 0.3) is 0 Å². The summed E-state index contributed by atoms with van der Waals surface area (Å²) >= 11 is 0. The van der Waals surface area contributed by atoms with Crippen molar-refractivity contribution < 1.29 is 14.7 Å². The number of hydrogen-bond donors (Lipinski definition) is 2. The topological polar surface area (TPSA) is 82.5 Å². The molecule has 108 valence electrons. The summed E-state index contributed by atoms with van der Waals surface area (Å²) in [5.41, 5.74) is 0.740. The highest BCUT2D eigenvalue weighted by Gasteiger charge is 2.26. The van der Waals surface area contributed by atoms with Crippen LogP contribution >= 0.6 is 0 Å². The summed E-state index contributed by atoms with van der Waals surface area (Å²) in [6.45, 7) is 1.03. The van der Waals surface area contributed by atoms with Gasteiger partial charge in [0, 0.05) is 43.5 Å². The predicted octanol–water partition coefficient (Wildman–Crippen LogP) is 0.641. The Morgan fingerprint density at radius 2 is 1.95 bits per heavy atom. The number of hydrogen-bond acceptors (Lipinski definition) is 4. The smallest absolute Gasteiger partial charge is 0.227 e. The number of rotatable bonds is 4. The first kappa shape index (κ1) is 14.5. The molecule has 0 saturated carbocycles. The Morgan fingerprint density at radius 3 is 2.55 bits per heavy atom. The van der Waals surface area contributed by atoms with Gasteiger partial charge >= 0.3 is 0 Å². The fourth-order valence-corrected chi connectivity index (χ4v) is 2.32. The van der Waals surface area contributed by atoms with E-state index in [-0.39, 0.29) is 30.8 Å². The van der Waals surface area contributed by atoms with Gasteiger partial charge in [0.1, 0.15) is 0 Å². The van der Waals surface area contributed by atoms with E-state index in [0.29, 0.717) is 25.9 Å². The molecule has 1 aromatic rings. The van der Waals surface area contributed by atoms with Crippen molar-refractivity contribution in [1.82, 2.24) is 9.88 Å². The number of likely N-dealkylation sites (tertiary alicyclic amines) is 1. The van der Waals surface area contributed by atoms with E-state index < -0.39 is 0 Å². The van der Waals surface area contributed by atoms with Gasteiger partial charge in [0.05, 0.1) is 6.61 Å². The first-order chi connectivity index (χ1) is 9.70. The number of nitrogens with zero attached hydrogens (tertiary/aromatic N) is 2. The number of aliphatic hydroxyl groups is 1. The van der Waals surface area contributed by atoms with E-state index in [1.165, 1.54) is 0 Å². The molecule has 2 heterocycles. The number of pyridine rings is 1. The summed E-state index contributed by atoms with van der Waals surface area (Å²) in [7, 11) is 0. The second kappa shape index (κ2) is 7.00. The molecule has 0 radical (unpaired) electrons. The number of aromatic nitrogens is 1. The SMILES string of the molecule is O=C(Nc1ccncc1)C1CCN(C(=O)CCO)CC1. The van der Waals surface area contributed by atoms with Crippen LogP contribution < -0.4 is 5.32 Å². The molecule has 1 fully saturated rings. The lowest BCUT2D eigenvalue weighted by molar-refractivity contribution is -0.135. The molecule has 1 aliphatic heterocycles. The third-order valence-corrected chi connectivity index (χ3v) is 3.49. The van der Waals surface area contributed by atoms with Crippen LogP contribution in [0, 0.1) is 5.92 Å². The Labute approximate surface area is 117 Å².